The van der Waals surface area contributed by atoms with E-state index in [1.54, 1.807) is 12.1 Å². The highest BCUT2D eigenvalue weighted by Crippen LogP contribution is 1.93. The lowest BCUT2D eigenvalue weighted by Crippen LogP contribution is -2.10. The van der Waals surface area contributed by atoms with Crippen molar-refractivity contribution < 1.29 is 34.5 Å². The lowest BCUT2D eigenvalue weighted by atomic mass is 10.2. The SMILES string of the molecule is NC(=O)c1ccncc1.O=C(O)CCCC(=O)O.O=C(O)c1cnccn1. The van der Waals surface area contributed by atoms with Gasteiger partial charge in [0, 0.05) is 43.2 Å². The normalized spacial score (nSPS) is 8.89. The van der Waals surface area contributed by atoms with Gasteiger partial charge in [0.15, 0.2) is 5.69 Å². The highest BCUT2D eigenvalue weighted by molar-refractivity contribution is 5.92. The number of aromatic carboxylic acids is 1. The first kappa shape index (κ1) is 23.1. The highest BCUT2D eigenvalue weighted by atomic mass is 16.4. The summed E-state index contributed by atoms with van der Waals surface area (Å²) in [6.45, 7) is 0. The average molecular weight is 378 g/mol. The standard InChI is InChI=1S/C6H6N2O.C5H4N2O2.C5H8O4/c7-6(9)5-1-3-8-4-2-5;8-5(9)4-3-6-1-2-7-4;6-4(7)2-1-3-5(8)9/h1-4H,(H2,7,9);1-3H,(H,8,9);1-3H2,(H,6,7)(H,8,9). The van der Waals surface area contributed by atoms with E-state index >= 15 is 0 Å². The number of carbonyl (C=O) groups is 4. The molecule has 0 spiro atoms. The zero-order valence-electron chi connectivity index (χ0n) is 14.1. The second-order valence-electron chi connectivity index (χ2n) is 4.64. The van der Waals surface area contributed by atoms with E-state index in [4.69, 9.17) is 21.1 Å². The van der Waals surface area contributed by atoms with Crippen LogP contribution in [0.25, 0.3) is 0 Å². The zero-order chi connectivity index (χ0) is 20.7. The van der Waals surface area contributed by atoms with Gasteiger partial charge in [-0.2, -0.15) is 0 Å². The summed E-state index contributed by atoms with van der Waals surface area (Å²) in [7, 11) is 0. The molecule has 2 aromatic rings. The molecule has 144 valence electrons. The first-order valence-electron chi connectivity index (χ1n) is 7.36. The van der Waals surface area contributed by atoms with E-state index in [1.807, 2.05) is 0 Å². The van der Waals surface area contributed by atoms with Crippen LogP contribution in [0.2, 0.25) is 0 Å². The maximum absolute atomic E-state index is 10.4. The molecule has 0 radical (unpaired) electrons. The molecule has 0 fully saturated rings. The van der Waals surface area contributed by atoms with Crippen LogP contribution in [-0.2, 0) is 9.59 Å². The number of nitrogens with two attached hydrogens (primary N) is 1. The number of hydrogen-bond donors (Lipinski definition) is 4. The Hall–Kier alpha value is -3.89. The summed E-state index contributed by atoms with van der Waals surface area (Å²) >= 11 is 0. The number of pyridine rings is 1. The molecule has 0 unspecified atom stereocenters. The molecular formula is C16H18N4O7. The molecule has 0 saturated carbocycles. The van der Waals surface area contributed by atoms with Gasteiger partial charge in [0.1, 0.15) is 0 Å². The highest BCUT2D eigenvalue weighted by Gasteiger charge is 2.00. The molecule has 11 nitrogen and oxygen atoms in total. The summed E-state index contributed by atoms with van der Waals surface area (Å²) in [5.74, 6) is -3.37. The van der Waals surface area contributed by atoms with Crippen LogP contribution in [0.5, 0.6) is 0 Å². The second-order valence-corrected chi connectivity index (χ2v) is 4.64. The Balaban J connectivity index is 0.000000376. The molecule has 27 heavy (non-hydrogen) atoms. The minimum Gasteiger partial charge on any atom is -0.481 e. The summed E-state index contributed by atoms with van der Waals surface area (Å²) in [4.78, 5) is 50.9. The smallest absolute Gasteiger partial charge is 0.356 e. The van der Waals surface area contributed by atoms with E-state index in [-0.39, 0.29) is 25.0 Å². The van der Waals surface area contributed by atoms with Crippen molar-refractivity contribution in [1.82, 2.24) is 15.0 Å². The van der Waals surface area contributed by atoms with Crippen LogP contribution >= 0.6 is 0 Å². The molecule has 0 aliphatic heterocycles. The molecule has 0 aliphatic carbocycles. The third-order valence-electron chi connectivity index (χ3n) is 2.53. The molecule has 2 rings (SSSR count). The fourth-order valence-corrected chi connectivity index (χ4v) is 1.32. The number of amides is 1. The average Bonchev–Trinajstić information content (AvgIpc) is 2.63. The Bertz CT molecular complexity index is 675. The predicted molar refractivity (Wildman–Crippen MR) is 90.9 cm³/mol. The Kier molecular flexibility index (Phi) is 11.5. The van der Waals surface area contributed by atoms with E-state index in [0.717, 1.165) is 0 Å². The molecule has 11 heteroatoms. The number of carbonyl (C=O) groups excluding carboxylic acids is 1. The molecule has 2 aromatic heterocycles. The number of aromatic nitrogens is 3. The molecule has 0 aliphatic rings. The topological polar surface area (TPSA) is 194 Å². The summed E-state index contributed by atoms with van der Waals surface area (Å²) in [5, 5.41) is 24.3. The largest absolute Gasteiger partial charge is 0.481 e. The maximum Gasteiger partial charge on any atom is 0.356 e. The van der Waals surface area contributed by atoms with Crippen molar-refractivity contribution in [1.29, 1.82) is 0 Å². The van der Waals surface area contributed by atoms with Gasteiger partial charge in [0.25, 0.3) is 0 Å². The first-order chi connectivity index (χ1) is 12.7. The van der Waals surface area contributed by atoms with Crippen molar-refractivity contribution in [2.75, 3.05) is 0 Å². The summed E-state index contributed by atoms with van der Waals surface area (Å²) in [5.41, 5.74) is 5.41. The van der Waals surface area contributed by atoms with Crippen molar-refractivity contribution in [2.24, 2.45) is 5.73 Å². The predicted octanol–water partition coefficient (Wildman–Crippen LogP) is 0.681. The van der Waals surface area contributed by atoms with Crippen LogP contribution in [0.1, 0.15) is 40.1 Å². The fourth-order valence-electron chi connectivity index (χ4n) is 1.32. The van der Waals surface area contributed by atoms with Gasteiger partial charge in [0.2, 0.25) is 5.91 Å². The molecule has 0 saturated heterocycles. The Morgan fingerprint density at radius 1 is 0.852 bits per heavy atom. The Morgan fingerprint density at radius 3 is 1.70 bits per heavy atom. The monoisotopic (exact) mass is 378 g/mol. The van der Waals surface area contributed by atoms with Gasteiger partial charge in [0.05, 0.1) is 6.20 Å². The molecule has 0 bridgehead atoms. The van der Waals surface area contributed by atoms with Crippen molar-refractivity contribution in [3.05, 3.63) is 54.4 Å². The maximum atomic E-state index is 10.4. The quantitative estimate of drug-likeness (QED) is 0.555. The number of rotatable bonds is 6. The minimum atomic E-state index is -1.05. The lowest BCUT2D eigenvalue weighted by Gasteiger charge is -1.89. The fraction of sp³-hybridized carbons (Fsp3) is 0.188. The van der Waals surface area contributed by atoms with Crippen LogP contribution in [-0.4, -0.2) is 54.1 Å². The van der Waals surface area contributed by atoms with Crippen molar-refractivity contribution in [3.63, 3.8) is 0 Å². The third kappa shape index (κ3) is 13.1. The molecule has 0 aromatic carbocycles. The number of aliphatic carboxylic acids is 2. The van der Waals surface area contributed by atoms with E-state index < -0.39 is 23.8 Å². The molecule has 0 atom stereocenters. The zero-order valence-corrected chi connectivity index (χ0v) is 14.1. The molecule has 1 amide bonds. The summed E-state index contributed by atoms with van der Waals surface area (Å²) in [6.07, 6.45) is 7.10. The summed E-state index contributed by atoms with van der Waals surface area (Å²) < 4.78 is 0. The van der Waals surface area contributed by atoms with Crippen LogP contribution < -0.4 is 5.73 Å². The number of primary amides is 1. The van der Waals surface area contributed by atoms with Crippen LogP contribution in [0.4, 0.5) is 0 Å². The number of carboxylic acids is 3. The Labute approximate surface area is 153 Å². The molecule has 2 heterocycles. The van der Waals surface area contributed by atoms with Gasteiger partial charge in [-0.05, 0) is 18.6 Å². The van der Waals surface area contributed by atoms with E-state index in [1.165, 1.54) is 31.0 Å². The first-order valence-corrected chi connectivity index (χ1v) is 7.36. The van der Waals surface area contributed by atoms with Crippen molar-refractivity contribution in [3.8, 4) is 0 Å². The van der Waals surface area contributed by atoms with Gasteiger partial charge >= 0.3 is 17.9 Å². The molecular weight excluding hydrogens is 360 g/mol. The van der Waals surface area contributed by atoms with Gasteiger partial charge in [-0.1, -0.05) is 0 Å². The van der Waals surface area contributed by atoms with E-state index in [0.29, 0.717) is 5.56 Å². The van der Waals surface area contributed by atoms with Gasteiger partial charge < -0.3 is 21.1 Å². The van der Waals surface area contributed by atoms with E-state index in [9.17, 15) is 19.2 Å². The second kappa shape index (κ2) is 13.4. The lowest BCUT2D eigenvalue weighted by molar-refractivity contribution is -0.138. The van der Waals surface area contributed by atoms with Crippen LogP contribution in [0.3, 0.4) is 0 Å². The van der Waals surface area contributed by atoms with Gasteiger partial charge in [-0.25, -0.2) is 9.78 Å². The summed E-state index contributed by atoms with van der Waals surface area (Å²) in [6, 6.07) is 3.14. The third-order valence-corrected chi connectivity index (χ3v) is 2.53. The van der Waals surface area contributed by atoms with Gasteiger partial charge in [-0.3, -0.25) is 24.4 Å². The van der Waals surface area contributed by atoms with Crippen LogP contribution in [0.15, 0.2) is 43.1 Å². The van der Waals surface area contributed by atoms with Crippen LogP contribution in [0, 0.1) is 0 Å². The molecule has 5 N–H and O–H groups in total. The number of nitrogens with zero attached hydrogens (tertiary/aromatic N) is 3. The minimum absolute atomic E-state index is 0.0301. The van der Waals surface area contributed by atoms with Crippen molar-refractivity contribution >= 4 is 23.8 Å². The Morgan fingerprint density at radius 2 is 1.41 bits per heavy atom. The van der Waals surface area contributed by atoms with Crippen molar-refractivity contribution in [2.45, 2.75) is 19.3 Å². The number of carboxylic acid groups (broad SMARTS) is 3. The number of hydrogen-bond acceptors (Lipinski definition) is 7. The van der Waals surface area contributed by atoms with Gasteiger partial charge in [-0.15, -0.1) is 0 Å². The van der Waals surface area contributed by atoms with E-state index in [2.05, 4.69) is 15.0 Å².